The summed E-state index contributed by atoms with van der Waals surface area (Å²) in [5.41, 5.74) is 4.67. The molecule has 0 unspecified atom stereocenters. The van der Waals surface area contributed by atoms with E-state index in [0.717, 1.165) is 22.2 Å². The fraction of sp³-hybridized carbons (Fsp3) is 0.0909. The zero-order valence-corrected chi connectivity index (χ0v) is 16.0. The Morgan fingerprint density at radius 2 is 1.97 bits per heavy atom. The summed E-state index contributed by atoms with van der Waals surface area (Å²) in [7, 11) is 1.84. The van der Waals surface area contributed by atoms with E-state index in [2.05, 4.69) is 28.2 Å². The van der Waals surface area contributed by atoms with Gasteiger partial charge in [-0.2, -0.15) is 15.5 Å². The Hall–Kier alpha value is -4.18. The Bertz CT molecular complexity index is 1300. The monoisotopic (exact) mass is 382 g/mol. The summed E-state index contributed by atoms with van der Waals surface area (Å²) in [6.07, 6.45) is 5.37. The second-order valence-electron chi connectivity index (χ2n) is 6.81. The van der Waals surface area contributed by atoms with Crippen molar-refractivity contribution in [1.29, 1.82) is 5.26 Å². The average Bonchev–Trinajstić information content (AvgIpc) is 3.32. The van der Waals surface area contributed by atoms with E-state index in [4.69, 9.17) is 5.26 Å². The molecule has 0 radical (unpaired) electrons. The van der Waals surface area contributed by atoms with Gasteiger partial charge in [0, 0.05) is 23.7 Å². The van der Waals surface area contributed by atoms with Crippen LogP contribution in [-0.4, -0.2) is 25.5 Å². The largest absolute Gasteiger partial charge is 0.322 e. The summed E-state index contributed by atoms with van der Waals surface area (Å²) < 4.78 is 3.48. The van der Waals surface area contributed by atoms with Crippen LogP contribution in [0.25, 0.3) is 22.2 Å². The lowest BCUT2D eigenvalue weighted by molar-refractivity contribution is 0.102. The third-order valence-electron chi connectivity index (χ3n) is 4.62. The highest BCUT2D eigenvalue weighted by Gasteiger charge is 2.14. The molecule has 4 rings (SSSR count). The number of nitrogens with one attached hydrogen (secondary N) is 1. The lowest BCUT2D eigenvalue weighted by Crippen LogP contribution is -2.14. The van der Waals surface area contributed by atoms with E-state index in [1.165, 1.54) is 0 Å². The predicted octanol–water partition coefficient (Wildman–Crippen LogP) is 3.92. The number of aromatic nitrogens is 4. The fourth-order valence-corrected chi connectivity index (χ4v) is 3.18. The molecular formula is C22H18N6O. The van der Waals surface area contributed by atoms with Gasteiger partial charge in [-0.1, -0.05) is 12.2 Å². The van der Waals surface area contributed by atoms with Crippen molar-refractivity contribution in [1.82, 2.24) is 19.6 Å². The van der Waals surface area contributed by atoms with Gasteiger partial charge >= 0.3 is 0 Å². The lowest BCUT2D eigenvalue weighted by Gasteiger charge is -2.11. The van der Waals surface area contributed by atoms with Gasteiger partial charge in [-0.05, 0) is 48.9 Å². The van der Waals surface area contributed by atoms with Crippen LogP contribution >= 0.6 is 0 Å². The number of aryl methyl sites for hydroxylation is 1. The second-order valence-corrected chi connectivity index (χ2v) is 6.81. The molecule has 1 N–H and O–H groups in total. The minimum atomic E-state index is -0.265. The number of anilines is 1. The van der Waals surface area contributed by atoms with Gasteiger partial charge in [-0.25, -0.2) is 4.68 Å². The zero-order chi connectivity index (χ0) is 20.5. The summed E-state index contributed by atoms with van der Waals surface area (Å²) in [5.74, 6) is -0.265. The number of carbonyl (C=O) groups excluding carboxylic acids is 1. The summed E-state index contributed by atoms with van der Waals surface area (Å²) in [6, 6.07) is 12.7. The molecule has 0 aliphatic carbocycles. The molecule has 0 atom stereocenters. The van der Waals surface area contributed by atoms with Crippen molar-refractivity contribution in [3.63, 3.8) is 0 Å². The van der Waals surface area contributed by atoms with Crippen LogP contribution in [0.15, 0.2) is 61.6 Å². The topological polar surface area (TPSA) is 88.5 Å². The Morgan fingerprint density at radius 3 is 2.66 bits per heavy atom. The SMILES string of the molecule is C=C(C)c1cc(C#N)ccc1C(=O)Nc1ccc2cnn(-c3cnn(C)c3)c2c1. The molecule has 0 bridgehead atoms. The van der Waals surface area contributed by atoms with E-state index in [1.54, 1.807) is 40.0 Å². The number of allylic oxidation sites excluding steroid dienone is 1. The van der Waals surface area contributed by atoms with Gasteiger partial charge in [0.05, 0.1) is 35.7 Å². The molecule has 0 fully saturated rings. The normalized spacial score (nSPS) is 10.7. The molecule has 1 amide bonds. The second kappa shape index (κ2) is 7.09. The van der Waals surface area contributed by atoms with E-state index in [9.17, 15) is 4.79 Å². The maximum atomic E-state index is 12.9. The standard InChI is InChI=1S/C22H18N6O/c1-14(2)20-8-15(10-23)4-7-19(20)22(29)26-17-6-5-16-11-25-28(21(16)9-17)18-12-24-27(3)13-18/h4-9,11-13H,1H2,2-3H3,(H,26,29). The van der Waals surface area contributed by atoms with Crippen molar-refractivity contribution < 1.29 is 4.79 Å². The molecule has 29 heavy (non-hydrogen) atoms. The first-order valence-corrected chi connectivity index (χ1v) is 8.94. The Labute approximate surface area is 167 Å². The van der Waals surface area contributed by atoms with Crippen molar-refractivity contribution in [2.24, 2.45) is 7.05 Å². The molecule has 0 spiro atoms. The van der Waals surface area contributed by atoms with Crippen LogP contribution in [0, 0.1) is 11.3 Å². The molecule has 0 saturated carbocycles. The number of nitrogens with zero attached hydrogens (tertiary/aromatic N) is 5. The van der Waals surface area contributed by atoms with E-state index in [-0.39, 0.29) is 5.91 Å². The quantitative estimate of drug-likeness (QED) is 0.579. The van der Waals surface area contributed by atoms with Crippen LogP contribution in [0.2, 0.25) is 0 Å². The fourth-order valence-electron chi connectivity index (χ4n) is 3.18. The highest BCUT2D eigenvalue weighted by molar-refractivity contribution is 6.08. The summed E-state index contributed by atoms with van der Waals surface area (Å²) >= 11 is 0. The molecule has 0 saturated heterocycles. The predicted molar refractivity (Wildman–Crippen MR) is 112 cm³/mol. The van der Waals surface area contributed by atoms with Crippen LogP contribution in [0.4, 0.5) is 5.69 Å². The average molecular weight is 382 g/mol. The molecule has 0 aliphatic rings. The third-order valence-corrected chi connectivity index (χ3v) is 4.62. The number of hydrogen-bond donors (Lipinski definition) is 1. The number of rotatable bonds is 4. The van der Waals surface area contributed by atoms with Gasteiger partial charge in [0.25, 0.3) is 5.91 Å². The van der Waals surface area contributed by atoms with Gasteiger partial charge in [0.1, 0.15) is 5.69 Å². The van der Waals surface area contributed by atoms with E-state index >= 15 is 0 Å². The van der Waals surface area contributed by atoms with E-state index < -0.39 is 0 Å². The van der Waals surface area contributed by atoms with Crippen molar-refractivity contribution in [2.75, 3.05) is 5.32 Å². The van der Waals surface area contributed by atoms with Gasteiger partial charge in [-0.15, -0.1) is 0 Å². The Balaban J connectivity index is 1.69. The molecule has 0 aliphatic heterocycles. The number of benzene rings is 2. The molecule has 7 nitrogen and oxygen atoms in total. The zero-order valence-electron chi connectivity index (χ0n) is 16.0. The number of fused-ring (bicyclic) bond motifs is 1. The number of carbonyl (C=O) groups is 1. The number of nitriles is 1. The smallest absolute Gasteiger partial charge is 0.256 e. The van der Waals surface area contributed by atoms with Crippen LogP contribution in [-0.2, 0) is 7.05 Å². The van der Waals surface area contributed by atoms with Crippen LogP contribution in [0.3, 0.4) is 0 Å². The van der Waals surface area contributed by atoms with Crippen LogP contribution < -0.4 is 5.32 Å². The van der Waals surface area contributed by atoms with Gasteiger partial charge in [0.15, 0.2) is 0 Å². The third kappa shape index (κ3) is 3.39. The molecule has 2 aromatic heterocycles. The summed E-state index contributed by atoms with van der Waals surface area (Å²) in [4.78, 5) is 12.9. The highest BCUT2D eigenvalue weighted by atomic mass is 16.1. The Kier molecular flexibility index (Phi) is 4.45. The van der Waals surface area contributed by atoms with E-state index in [1.807, 2.05) is 38.4 Å². The molecule has 142 valence electrons. The number of hydrogen-bond acceptors (Lipinski definition) is 4. The van der Waals surface area contributed by atoms with Gasteiger partial charge in [-0.3, -0.25) is 9.48 Å². The lowest BCUT2D eigenvalue weighted by atomic mass is 9.98. The van der Waals surface area contributed by atoms with Gasteiger partial charge in [0.2, 0.25) is 0 Å². The molecule has 4 aromatic rings. The van der Waals surface area contributed by atoms with Crippen molar-refractivity contribution >= 4 is 28.1 Å². The first kappa shape index (κ1) is 18.2. The summed E-state index contributed by atoms with van der Waals surface area (Å²) in [5, 5.41) is 21.6. The minimum absolute atomic E-state index is 0.265. The maximum absolute atomic E-state index is 12.9. The molecule has 2 heterocycles. The van der Waals surface area contributed by atoms with Crippen molar-refractivity contribution in [2.45, 2.75) is 6.92 Å². The maximum Gasteiger partial charge on any atom is 0.256 e. The Morgan fingerprint density at radius 1 is 1.14 bits per heavy atom. The highest BCUT2D eigenvalue weighted by Crippen LogP contribution is 2.24. The van der Waals surface area contributed by atoms with E-state index in [0.29, 0.717) is 22.4 Å². The molecule has 7 heteroatoms. The molecule has 2 aromatic carbocycles. The van der Waals surface area contributed by atoms with Crippen LogP contribution in [0.5, 0.6) is 0 Å². The van der Waals surface area contributed by atoms with Crippen LogP contribution in [0.1, 0.15) is 28.4 Å². The van der Waals surface area contributed by atoms with Crippen molar-refractivity contribution in [3.8, 4) is 11.8 Å². The first-order chi connectivity index (χ1) is 14.0. The molecular weight excluding hydrogens is 364 g/mol. The number of amides is 1. The minimum Gasteiger partial charge on any atom is -0.322 e. The van der Waals surface area contributed by atoms with Gasteiger partial charge < -0.3 is 5.32 Å². The first-order valence-electron chi connectivity index (χ1n) is 8.94. The summed E-state index contributed by atoms with van der Waals surface area (Å²) in [6.45, 7) is 5.73. The van der Waals surface area contributed by atoms with Crippen molar-refractivity contribution in [3.05, 3.63) is 78.3 Å².